The maximum atomic E-state index is 12.4. The second-order valence-electron chi connectivity index (χ2n) is 8.25. The van der Waals surface area contributed by atoms with Crippen LogP contribution in [-0.4, -0.2) is 69.0 Å². The van der Waals surface area contributed by atoms with E-state index in [1.807, 2.05) is 12.1 Å². The molecular formula is C25H32ClN3O6. The number of ether oxygens (including phenoxy) is 3. The quantitative estimate of drug-likeness (QED) is 0.337. The van der Waals surface area contributed by atoms with Gasteiger partial charge in [0, 0.05) is 37.3 Å². The van der Waals surface area contributed by atoms with Gasteiger partial charge in [0.1, 0.15) is 5.75 Å². The summed E-state index contributed by atoms with van der Waals surface area (Å²) >= 11 is 5.84. The van der Waals surface area contributed by atoms with Crippen LogP contribution in [0, 0.1) is 0 Å². The normalized spacial score (nSPS) is 10.9. The Labute approximate surface area is 210 Å². The fourth-order valence-electron chi connectivity index (χ4n) is 2.87. The number of carbonyl (C=O) groups excluding carboxylic acids is 3. The zero-order valence-corrected chi connectivity index (χ0v) is 21.2. The lowest BCUT2D eigenvalue weighted by molar-refractivity contribution is -0.168. The Kier molecular flexibility index (Phi) is 10.8. The number of hydrogen-bond donors (Lipinski definition) is 2. The van der Waals surface area contributed by atoms with Gasteiger partial charge in [0.15, 0.2) is 5.60 Å². The van der Waals surface area contributed by atoms with Gasteiger partial charge in [-0.3, -0.25) is 4.79 Å². The molecule has 10 heteroatoms. The van der Waals surface area contributed by atoms with Gasteiger partial charge in [-0.05, 0) is 69.3 Å². The predicted molar refractivity (Wildman–Crippen MR) is 133 cm³/mol. The highest BCUT2D eigenvalue weighted by atomic mass is 35.5. The van der Waals surface area contributed by atoms with Gasteiger partial charge in [0.25, 0.3) is 5.91 Å². The highest BCUT2D eigenvalue weighted by Gasteiger charge is 2.32. The lowest BCUT2D eigenvalue weighted by Crippen LogP contribution is -2.40. The van der Waals surface area contributed by atoms with E-state index in [0.29, 0.717) is 42.4 Å². The summed E-state index contributed by atoms with van der Waals surface area (Å²) in [7, 11) is 3.37. The van der Waals surface area contributed by atoms with Crippen molar-refractivity contribution in [3.8, 4) is 5.75 Å². The number of esters is 1. The zero-order chi connectivity index (χ0) is 25.8. The third-order valence-corrected chi connectivity index (χ3v) is 5.23. The Hall–Kier alpha value is -3.30. The lowest BCUT2D eigenvalue weighted by atomic mass is 10.1. The molecule has 0 unspecified atom stereocenters. The minimum absolute atomic E-state index is 0.169. The third-order valence-electron chi connectivity index (χ3n) is 4.97. The second-order valence-corrected chi connectivity index (χ2v) is 8.69. The molecule has 0 heterocycles. The molecule has 0 aliphatic heterocycles. The number of benzene rings is 2. The number of rotatable bonds is 12. The summed E-state index contributed by atoms with van der Waals surface area (Å²) in [5, 5.41) is 6.36. The van der Waals surface area contributed by atoms with Crippen molar-refractivity contribution in [3.63, 3.8) is 0 Å². The highest BCUT2D eigenvalue weighted by Crippen LogP contribution is 2.20. The van der Waals surface area contributed by atoms with Crippen molar-refractivity contribution in [2.24, 2.45) is 0 Å². The van der Waals surface area contributed by atoms with Crippen molar-refractivity contribution in [2.45, 2.75) is 25.9 Å². The molecule has 2 aromatic carbocycles. The molecule has 35 heavy (non-hydrogen) atoms. The van der Waals surface area contributed by atoms with Crippen LogP contribution < -0.4 is 15.4 Å². The van der Waals surface area contributed by atoms with Crippen LogP contribution in [0.15, 0.2) is 48.5 Å². The largest absolute Gasteiger partial charge is 0.476 e. The van der Waals surface area contributed by atoms with Crippen LogP contribution in [0.5, 0.6) is 5.75 Å². The van der Waals surface area contributed by atoms with E-state index < -0.39 is 24.5 Å². The van der Waals surface area contributed by atoms with Crippen LogP contribution >= 0.6 is 11.6 Å². The Balaban J connectivity index is 1.76. The molecule has 2 N–H and O–H groups in total. The fourth-order valence-corrected chi connectivity index (χ4v) is 3.00. The summed E-state index contributed by atoms with van der Waals surface area (Å²) in [4.78, 5) is 37.7. The van der Waals surface area contributed by atoms with Crippen molar-refractivity contribution in [1.29, 1.82) is 0 Å². The molecule has 2 rings (SSSR count). The van der Waals surface area contributed by atoms with E-state index in [4.69, 9.17) is 25.8 Å². The Morgan fingerprint density at radius 2 is 1.63 bits per heavy atom. The van der Waals surface area contributed by atoms with Gasteiger partial charge in [-0.15, -0.1) is 0 Å². The number of carbonyl (C=O) groups is 3. The van der Waals surface area contributed by atoms with Crippen molar-refractivity contribution < 1.29 is 28.6 Å². The monoisotopic (exact) mass is 505 g/mol. The van der Waals surface area contributed by atoms with E-state index in [1.165, 1.54) is 4.90 Å². The molecule has 0 saturated heterocycles. The van der Waals surface area contributed by atoms with Crippen molar-refractivity contribution in [2.75, 3.05) is 40.5 Å². The first kappa shape index (κ1) is 27.9. The summed E-state index contributed by atoms with van der Waals surface area (Å²) in [5.74, 6) is -0.362. The molecule has 0 aromatic heterocycles. The highest BCUT2D eigenvalue weighted by molar-refractivity contribution is 6.30. The van der Waals surface area contributed by atoms with E-state index in [0.717, 1.165) is 5.56 Å². The number of nitrogens with one attached hydrogen (secondary N) is 2. The first-order valence-electron chi connectivity index (χ1n) is 11.1. The molecule has 0 atom stereocenters. The van der Waals surface area contributed by atoms with E-state index in [-0.39, 0.29) is 5.91 Å². The van der Waals surface area contributed by atoms with Crippen LogP contribution in [0.3, 0.4) is 0 Å². The van der Waals surface area contributed by atoms with Crippen LogP contribution in [0.2, 0.25) is 5.02 Å². The average Bonchev–Trinajstić information content (AvgIpc) is 2.83. The van der Waals surface area contributed by atoms with Gasteiger partial charge in [-0.25, -0.2) is 9.59 Å². The maximum Gasteiger partial charge on any atom is 0.412 e. The van der Waals surface area contributed by atoms with Crippen molar-refractivity contribution in [3.05, 3.63) is 64.7 Å². The first-order valence-corrected chi connectivity index (χ1v) is 11.5. The topological polar surface area (TPSA) is 106 Å². The molecule has 9 nitrogen and oxygen atoms in total. The summed E-state index contributed by atoms with van der Waals surface area (Å²) in [6, 6.07) is 13.9. The number of nitrogens with zero attached hydrogens (tertiary/aromatic N) is 1. The summed E-state index contributed by atoms with van der Waals surface area (Å²) in [6.45, 7) is 4.16. The van der Waals surface area contributed by atoms with E-state index in [9.17, 15) is 14.4 Å². The van der Waals surface area contributed by atoms with Crippen LogP contribution in [0.1, 0.15) is 29.8 Å². The molecule has 0 aliphatic rings. The Bertz CT molecular complexity index is 980. The number of amides is 2. The standard InChI is InChI=1S/C25H32ClN3O6/c1-25(2,23(31)33-17-34-24(32)29(4)16-15-27-3)35-21-11-5-18(6-12-21)13-14-28-22(30)19-7-9-20(26)10-8-19/h5-12,27H,13-17H2,1-4H3,(H,28,30). The van der Waals surface area contributed by atoms with Crippen molar-refractivity contribution in [1.82, 2.24) is 15.5 Å². The third kappa shape index (κ3) is 9.46. The molecule has 2 aromatic rings. The molecular weight excluding hydrogens is 474 g/mol. The first-order chi connectivity index (χ1) is 16.6. The van der Waals surface area contributed by atoms with Crippen LogP contribution in [0.25, 0.3) is 0 Å². The van der Waals surface area contributed by atoms with E-state index >= 15 is 0 Å². The van der Waals surface area contributed by atoms with Gasteiger partial charge in [0.2, 0.25) is 6.79 Å². The molecule has 0 aliphatic carbocycles. The molecule has 0 spiro atoms. The molecule has 0 radical (unpaired) electrons. The van der Waals surface area contributed by atoms with Crippen molar-refractivity contribution >= 4 is 29.6 Å². The molecule has 0 fully saturated rings. The van der Waals surface area contributed by atoms with Crippen LogP contribution in [-0.2, 0) is 20.7 Å². The van der Waals surface area contributed by atoms with Gasteiger partial charge in [-0.1, -0.05) is 23.7 Å². The number of hydrogen-bond acceptors (Lipinski definition) is 7. The molecule has 0 saturated carbocycles. The number of halogens is 1. The van der Waals surface area contributed by atoms with Gasteiger partial charge in [0.05, 0.1) is 0 Å². The number of likely N-dealkylation sites (N-methyl/N-ethyl adjacent to an activating group) is 2. The van der Waals surface area contributed by atoms with E-state index in [1.54, 1.807) is 64.3 Å². The molecule has 0 bridgehead atoms. The van der Waals surface area contributed by atoms with Crippen LogP contribution in [0.4, 0.5) is 4.79 Å². The molecule has 2 amide bonds. The van der Waals surface area contributed by atoms with Gasteiger partial charge < -0.3 is 29.7 Å². The second kappa shape index (κ2) is 13.6. The minimum Gasteiger partial charge on any atom is -0.476 e. The summed E-state index contributed by atoms with van der Waals surface area (Å²) < 4.78 is 15.8. The molecule has 190 valence electrons. The maximum absolute atomic E-state index is 12.4. The smallest absolute Gasteiger partial charge is 0.412 e. The predicted octanol–water partition coefficient (Wildman–Crippen LogP) is 3.26. The van der Waals surface area contributed by atoms with Gasteiger partial charge in [-0.2, -0.15) is 0 Å². The average molecular weight is 506 g/mol. The van der Waals surface area contributed by atoms with E-state index in [2.05, 4.69) is 10.6 Å². The lowest BCUT2D eigenvalue weighted by Gasteiger charge is -2.24. The Morgan fingerprint density at radius 1 is 0.971 bits per heavy atom. The SMILES string of the molecule is CNCCN(C)C(=O)OCOC(=O)C(C)(C)Oc1ccc(CCNC(=O)c2ccc(Cl)cc2)cc1. The zero-order valence-electron chi connectivity index (χ0n) is 20.4. The summed E-state index contributed by atoms with van der Waals surface area (Å²) in [5.41, 5.74) is 0.240. The fraction of sp³-hybridized carbons (Fsp3) is 0.400. The minimum atomic E-state index is -1.29. The summed E-state index contributed by atoms with van der Waals surface area (Å²) in [6.07, 6.45) is 0.0332. The Morgan fingerprint density at radius 3 is 2.26 bits per heavy atom. The van der Waals surface area contributed by atoms with Gasteiger partial charge >= 0.3 is 12.1 Å².